The highest BCUT2D eigenvalue weighted by Gasteiger charge is 2.18. The minimum Gasteiger partial charge on any atom is -0.466 e. The van der Waals surface area contributed by atoms with E-state index in [0.717, 1.165) is 17.4 Å². The molecule has 1 aliphatic carbocycles. The molecule has 2 rings (SSSR count). The number of hydrogen-bond acceptors (Lipinski definition) is 2. The second kappa shape index (κ2) is 7.28. The Morgan fingerprint density at radius 2 is 1.85 bits per heavy atom. The van der Waals surface area contributed by atoms with Gasteiger partial charge in [0.1, 0.15) is 0 Å². The van der Waals surface area contributed by atoms with Crippen molar-refractivity contribution in [1.82, 2.24) is 0 Å². The van der Waals surface area contributed by atoms with Gasteiger partial charge in [-0.3, -0.25) is 0 Å². The number of ether oxygens (including phenoxy) is 1. The van der Waals surface area contributed by atoms with Gasteiger partial charge in [-0.25, -0.2) is 4.79 Å². The van der Waals surface area contributed by atoms with Gasteiger partial charge in [-0.1, -0.05) is 44.0 Å². The Morgan fingerprint density at radius 3 is 2.45 bits per heavy atom. The van der Waals surface area contributed by atoms with Crippen LogP contribution in [0.5, 0.6) is 0 Å². The molecule has 0 amide bonds. The molecule has 0 spiro atoms. The third-order valence-electron chi connectivity index (χ3n) is 4.25. The topological polar surface area (TPSA) is 26.3 Å². The second-order valence-corrected chi connectivity index (χ2v) is 5.93. The van der Waals surface area contributed by atoms with Crippen LogP contribution in [0.1, 0.15) is 43.7 Å². The van der Waals surface area contributed by atoms with E-state index in [9.17, 15) is 4.79 Å². The highest BCUT2D eigenvalue weighted by molar-refractivity contribution is 5.86. The number of benzene rings is 1. The molecule has 2 heteroatoms. The van der Waals surface area contributed by atoms with Crippen molar-refractivity contribution in [3.05, 3.63) is 41.5 Å². The average Bonchev–Trinajstić information content (AvgIpc) is 2.48. The Bertz CT molecular complexity index is 451. The molecule has 1 aromatic carbocycles. The minimum atomic E-state index is -0.314. The van der Waals surface area contributed by atoms with Crippen LogP contribution in [0.4, 0.5) is 0 Å². The van der Waals surface area contributed by atoms with E-state index >= 15 is 0 Å². The molecule has 0 bridgehead atoms. The van der Waals surface area contributed by atoms with E-state index in [1.165, 1.54) is 50.9 Å². The van der Waals surface area contributed by atoms with Crippen molar-refractivity contribution >= 4 is 12.0 Å². The Hall–Kier alpha value is -1.57. The first-order chi connectivity index (χ1) is 9.67. The molecular weight excluding hydrogens is 248 g/mol. The molecule has 0 saturated heterocycles. The van der Waals surface area contributed by atoms with E-state index in [-0.39, 0.29) is 5.97 Å². The van der Waals surface area contributed by atoms with Gasteiger partial charge < -0.3 is 4.74 Å². The first-order valence-corrected chi connectivity index (χ1v) is 7.52. The van der Waals surface area contributed by atoms with Gasteiger partial charge in [0.05, 0.1) is 7.11 Å². The van der Waals surface area contributed by atoms with Gasteiger partial charge in [0.15, 0.2) is 0 Å². The average molecular weight is 272 g/mol. The lowest BCUT2D eigenvalue weighted by atomic mass is 9.80. The van der Waals surface area contributed by atoms with Crippen LogP contribution >= 0.6 is 0 Å². The summed E-state index contributed by atoms with van der Waals surface area (Å²) in [6.07, 6.45) is 9.93. The van der Waals surface area contributed by atoms with E-state index < -0.39 is 0 Å². The molecule has 20 heavy (non-hydrogen) atoms. The van der Waals surface area contributed by atoms with Crippen LogP contribution in [-0.2, 0) is 16.0 Å². The number of carbonyl (C=O) groups excluding carboxylic acids is 1. The fourth-order valence-electron chi connectivity index (χ4n) is 2.86. The molecule has 2 nitrogen and oxygen atoms in total. The molecule has 0 radical (unpaired) electrons. The van der Waals surface area contributed by atoms with Crippen LogP contribution in [0.3, 0.4) is 0 Å². The van der Waals surface area contributed by atoms with E-state index in [1.54, 1.807) is 6.08 Å². The van der Waals surface area contributed by atoms with Gasteiger partial charge in [0, 0.05) is 6.08 Å². The number of methoxy groups -OCH3 is 1. The summed E-state index contributed by atoms with van der Waals surface area (Å²) >= 11 is 0. The van der Waals surface area contributed by atoms with Crippen molar-refractivity contribution in [3.8, 4) is 0 Å². The van der Waals surface area contributed by atoms with Crippen LogP contribution in [0, 0.1) is 11.8 Å². The Morgan fingerprint density at radius 1 is 1.20 bits per heavy atom. The first kappa shape index (κ1) is 14.8. The summed E-state index contributed by atoms with van der Waals surface area (Å²) in [6.45, 7) is 2.36. The van der Waals surface area contributed by atoms with Gasteiger partial charge in [0.2, 0.25) is 0 Å². The Labute approximate surface area is 121 Å². The zero-order valence-corrected chi connectivity index (χ0v) is 12.5. The van der Waals surface area contributed by atoms with E-state index in [0.29, 0.717) is 0 Å². The van der Waals surface area contributed by atoms with Gasteiger partial charge in [-0.2, -0.15) is 0 Å². The lowest BCUT2D eigenvalue weighted by molar-refractivity contribution is -0.134. The number of carbonyl (C=O) groups is 1. The van der Waals surface area contributed by atoms with Crippen molar-refractivity contribution in [2.24, 2.45) is 11.8 Å². The minimum absolute atomic E-state index is 0.314. The van der Waals surface area contributed by atoms with Crippen molar-refractivity contribution in [2.45, 2.75) is 39.0 Å². The van der Waals surface area contributed by atoms with Gasteiger partial charge in [-0.05, 0) is 48.3 Å². The summed E-state index contributed by atoms with van der Waals surface area (Å²) in [4.78, 5) is 11.0. The van der Waals surface area contributed by atoms with Gasteiger partial charge in [0.25, 0.3) is 0 Å². The van der Waals surface area contributed by atoms with Crippen LogP contribution in [0.2, 0.25) is 0 Å². The fraction of sp³-hybridized carbons (Fsp3) is 0.500. The zero-order chi connectivity index (χ0) is 14.4. The van der Waals surface area contributed by atoms with Crippen LogP contribution < -0.4 is 0 Å². The molecule has 0 aromatic heterocycles. The van der Waals surface area contributed by atoms with Crippen molar-refractivity contribution in [3.63, 3.8) is 0 Å². The standard InChI is InChI=1S/C18H24O2/c1-14-3-5-16(6-4-14)13-17-9-7-15(8-10-17)11-12-18(19)20-2/h7-12,14,16H,3-6,13H2,1-2H3/b12-11-. The lowest BCUT2D eigenvalue weighted by Gasteiger charge is -2.26. The largest absolute Gasteiger partial charge is 0.466 e. The normalized spacial score (nSPS) is 22.9. The maximum atomic E-state index is 11.0. The molecule has 1 aliphatic rings. The van der Waals surface area contributed by atoms with Crippen molar-refractivity contribution in [1.29, 1.82) is 0 Å². The quantitative estimate of drug-likeness (QED) is 0.605. The Kier molecular flexibility index (Phi) is 5.40. The summed E-state index contributed by atoms with van der Waals surface area (Å²) in [5, 5.41) is 0. The van der Waals surface area contributed by atoms with Crippen LogP contribution in [-0.4, -0.2) is 13.1 Å². The second-order valence-electron chi connectivity index (χ2n) is 5.93. The molecule has 1 fully saturated rings. The number of rotatable bonds is 4. The molecule has 0 aliphatic heterocycles. The molecule has 0 unspecified atom stereocenters. The van der Waals surface area contributed by atoms with Gasteiger partial charge >= 0.3 is 5.97 Å². The van der Waals surface area contributed by atoms with E-state index in [2.05, 4.69) is 35.9 Å². The van der Waals surface area contributed by atoms with Crippen LogP contribution in [0.25, 0.3) is 6.08 Å². The van der Waals surface area contributed by atoms with Crippen molar-refractivity contribution in [2.75, 3.05) is 7.11 Å². The molecule has 108 valence electrons. The third kappa shape index (κ3) is 4.52. The molecule has 0 N–H and O–H groups in total. The highest BCUT2D eigenvalue weighted by atomic mass is 16.5. The van der Waals surface area contributed by atoms with E-state index in [1.807, 2.05) is 0 Å². The smallest absolute Gasteiger partial charge is 0.330 e. The molecule has 1 aromatic rings. The molecule has 0 heterocycles. The van der Waals surface area contributed by atoms with E-state index in [4.69, 9.17) is 0 Å². The predicted molar refractivity (Wildman–Crippen MR) is 82.3 cm³/mol. The molecule has 0 atom stereocenters. The number of esters is 1. The maximum Gasteiger partial charge on any atom is 0.330 e. The van der Waals surface area contributed by atoms with Crippen molar-refractivity contribution < 1.29 is 9.53 Å². The van der Waals surface area contributed by atoms with Gasteiger partial charge in [-0.15, -0.1) is 0 Å². The SMILES string of the molecule is COC(=O)/C=C\c1ccc(CC2CCC(C)CC2)cc1. The lowest BCUT2D eigenvalue weighted by Crippen LogP contribution is -2.14. The molecule has 1 saturated carbocycles. The van der Waals surface area contributed by atoms with Crippen LogP contribution in [0.15, 0.2) is 30.3 Å². The number of hydrogen-bond donors (Lipinski definition) is 0. The first-order valence-electron chi connectivity index (χ1n) is 7.52. The Balaban J connectivity index is 1.88. The third-order valence-corrected chi connectivity index (χ3v) is 4.25. The predicted octanol–water partition coefficient (Wildman–Crippen LogP) is 4.24. The monoisotopic (exact) mass is 272 g/mol. The summed E-state index contributed by atoms with van der Waals surface area (Å²) in [5.74, 6) is 1.45. The summed E-state index contributed by atoms with van der Waals surface area (Å²) in [6, 6.07) is 8.49. The molecular formula is C18H24O2. The highest BCUT2D eigenvalue weighted by Crippen LogP contribution is 2.30. The summed E-state index contributed by atoms with van der Waals surface area (Å²) in [7, 11) is 1.39. The summed E-state index contributed by atoms with van der Waals surface area (Å²) < 4.78 is 4.58. The fourth-order valence-corrected chi connectivity index (χ4v) is 2.86. The maximum absolute atomic E-state index is 11.0. The zero-order valence-electron chi connectivity index (χ0n) is 12.5. The summed E-state index contributed by atoms with van der Waals surface area (Å²) in [5.41, 5.74) is 2.44.